The average molecular weight is 439 g/mol. The number of ketones is 2. The van der Waals surface area contributed by atoms with Gasteiger partial charge in [-0.25, -0.2) is 17.5 Å². The van der Waals surface area contributed by atoms with Crippen molar-refractivity contribution < 1.29 is 32.0 Å². The largest absolute Gasteiger partial charge is 0.454 e. The van der Waals surface area contributed by atoms with E-state index in [1.54, 1.807) is 18.2 Å². The number of ether oxygens (including phenoxy) is 1. The quantitative estimate of drug-likeness (QED) is 0.440. The van der Waals surface area contributed by atoms with E-state index in [0.717, 1.165) is 4.31 Å². The highest BCUT2D eigenvalue weighted by Crippen LogP contribution is 2.30. The molecule has 0 fully saturated rings. The predicted octanol–water partition coefficient (Wildman–Crippen LogP) is 2.66. The first-order valence-electron chi connectivity index (χ1n) is 9.21. The molecule has 2 aromatic carbocycles. The molecule has 0 amide bonds. The zero-order valence-electron chi connectivity index (χ0n) is 16.6. The Hall–Kier alpha value is -3.56. The molecule has 0 saturated heterocycles. The molecule has 0 spiro atoms. The van der Waals surface area contributed by atoms with Crippen LogP contribution in [0, 0.1) is 0 Å². The first kappa shape index (κ1) is 20.7. The Morgan fingerprint density at radius 2 is 1.55 bits per heavy atom. The molecule has 0 bridgehead atoms. The van der Waals surface area contributed by atoms with Crippen molar-refractivity contribution in [1.82, 2.24) is 4.31 Å². The summed E-state index contributed by atoms with van der Waals surface area (Å²) in [5.41, 5.74) is 0.598. The summed E-state index contributed by atoms with van der Waals surface area (Å²) in [7, 11) is -1.02. The number of fused-ring (bicyclic) bond motifs is 2. The molecule has 0 saturated carbocycles. The number of carbonyl (C=O) groups excluding carboxylic acids is 3. The Bertz CT molecular complexity index is 1340. The Kier molecular flexibility index (Phi) is 5.08. The van der Waals surface area contributed by atoms with Crippen LogP contribution in [0.4, 0.5) is 0 Å². The van der Waals surface area contributed by atoms with Gasteiger partial charge in [0.15, 0.2) is 11.6 Å². The van der Waals surface area contributed by atoms with E-state index in [0.29, 0.717) is 0 Å². The monoisotopic (exact) mass is 439 g/mol. The summed E-state index contributed by atoms with van der Waals surface area (Å²) in [5, 5.41) is -0.280. The van der Waals surface area contributed by atoms with E-state index >= 15 is 0 Å². The molecule has 0 aliphatic heterocycles. The zero-order chi connectivity index (χ0) is 22.3. The molecule has 9 heteroatoms. The minimum Gasteiger partial charge on any atom is -0.454 e. The highest BCUT2D eigenvalue weighted by molar-refractivity contribution is 7.88. The van der Waals surface area contributed by atoms with Crippen molar-refractivity contribution in [2.45, 2.75) is 11.7 Å². The molecule has 1 aliphatic carbocycles. The molecule has 0 N–H and O–H groups in total. The molecule has 4 rings (SSSR count). The maximum Gasteiger partial charge on any atom is 0.339 e. The summed E-state index contributed by atoms with van der Waals surface area (Å²) in [4.78, 5) is 38.5. The van der Waals surface area contributed by atoms with Crippen LogP contribution in [0.2, 0.25) is 0 Å². The lowest BCUT2D eigenvalue weighted by atomic mass is 9.82. The molecule has 3 aromatic rings. The number of nitrogens with zero attached hydrogens (tertiary/aromatic N) is 1. The van der Waals surface area contributed by atoms with E-state index in [9.17, 15) is 22.8 Å². The molecule has 0 atom stereocenters. The molecule has 1 aromatic heterocycles. The van der Waals surface area contributed by atoms with E-state index in [2.05, 4.69) is 0 Å². The lowest BCUT2D eigenvalue weighted by Gasteiger charge is -2.19. The number of furan rings is 1. The van der Waals surface area contributed by atoms with Crippen LogP contribution in [0.25, 0.3) is 0 Å². The van der Waals surface area contributed by atoms with Gasteiger partial charge in [-0.2, -0.15) is 0 Å². The van der Waals surface area contributed by atoms with Crippen molar-refractivity contribution in [1.29, 1.82) is 0 Å². The van der Waals surface area contributed by atoms with Gasteiger partial charge >= 0.3 is 5.97 Å². The highest BCUT2D eigenvalue weighted by Gasteiger charge is 2.33. The van der Waals surface area contributed by atoms with Crippen LogP contribution in [-0.2, 0) is 21.4 Å². The van der Waals surface area contributed by atoms with Gasteiger partial charge in [0.1, 0.15) is 12.4 Å². The minimum atomic E-state index is -3.76. The molecular formula is C22H17NO7S. The summed E-state index contributed by atoms with van der Waals surface area (Å²) in [6, 6.07) is 13.5. The van der Waals surface area contributed by atoms with Gasteiger partial charge in [0.05, 0.1) is 5.56 Å². The summed E-state index contributed by atoms with van der Waals surface area (Å²) in [5.74, 6) is -1.49. The molecule has 1 heterocycles. The number of esters is 1. The zero-order valence-corrected chi connectivity index (χ0v) is 17.4. The van der Waals surface area contributed by atoms with Crippen molar-refractivity contribution in [3.63, 3.8) is 0 Å². The Labute approximate surface area is 178 Å². The third-order valence-electron chi connectivity index (χ3n) is 4.89. The van der Waals surface area contributed by atoms with Gasteiger partial charge in [-0.05, 0) is 18.2 Å². The number of sulfonamides is 1. The smallest absolute Gasteiger partial charge is 0.339 e. The third kappa shape index (κ3) is 3.47. The van der Waals surface area contributed by atoms with Crippen LogP contribution in [0.15, 0.2) is 64.1 Å². The molecule has 0 radical (unpaired) electrons. The molecule has 31 heavy (non-hydrogen) atoms. The predicted molar refractivity (Wildman–Crippen MR) is 108 cm³/mol. The highest BCUT2D eigenvalue weighted by atomic mass is 32.2. The first-order valence-corrected chi connectivity index (χ1v) is 10.7. The number of hydrogen-bond acceptors (Lipinski definition) is 7. The Morgan fingerprint density at radius 3 is 2.23 bits per heavy atom. The second-order valence-corrected chi connectivity index (χ2v) is 9.10. The van der Waals surface area contributed by atoms with Crippen molar-refractivity contribution >= 4 is 27.6 Å². The van der Waals surface area contributed by atoms with Crippen molar-refractivity contribution in [2.24, 2.45) is 0 Å². The standard InChI is InChI=1S/C22H17NO7S/c1-23(2)31(27,28)18-11-10-13(30-18)12-29-22(26)17-9-5-8-16-19(17)21(25)15-7-4-3-6-14(15)20(16)24/h3-11H,12H2,1-2H3. The fourth-order valence-electron chi connectivity index (χ4n) is 3.28. The number of rotatable bonds is 5. The maximum absolute atomic E-state index is 13.0. The number of hydrogen-bond donors (Lipinski definition) is 0. The van der Waals surface area contributed by atoms with Crippen molar-refractivity contribution in [2.75, 3.05) is 14.1 Å². The van der Waals surface area contributed by atoms with E-state index in [1.165, 1.54) is 50.5 Å². The summed E-state index contributed by atoms with van der Waals surface area (Å²) in [6.07, 6.45) is 0. The van der Waals surface area contributed by atoms with Crippen molar-refractivity contribution in [3.8, 4) is 0 Å². The second-order valence-electron chi connectivity index (χ2n) is 7.02. The molecule has 1 aliphatic rings. The molecule has 8 nitrogen and oxygen atoms in total. The van der Waals surface area contributed by atoms with Crippen LogP contribution in [0.5, 0.6) is 0 Å². The lowest BCUT2D eigenvalue weighted by Crippen LogP contribution is -2.24. The SMILES string of the molecule is CN(C)S(=O)(=O)c1ccc(COC(=O)c2cccc3c2C(=O)c2ccccc2C3=O)o1. The van der Waals surface area contributed by atoms with Gasteiger partial charge in [0.2, 0.25) is 5.09 Å². The summed E-state index contributed by atoms with van der Waals surface area (Å²) >= 11 is 0. The van der Waals surface area contributed by atoms with Gasteiger partial charge in [-0.15, -0.1) is 0 Å². The maximum atomic E-state index is 13.0. The van der Waals surface area contributed by atoms with E-state index in [-0.39, 0.29) is 51.1 Å². The first-order chi connectivity index (χ1) is 14.7. The topological polar surface area (TPSA) is 111 Å². The number of carbonyl (C=O) groups is 3. The summed E-state index contributed by atoms with van der Waals surface area (Å²) < 4.78 is 35.7. The normalized spacial score (nSPS) is 13.1. The molecular weight excluding hydrogens is 422 g/mol. The van der Waals surface area contributed by atoms with Gasteiger partial charge in [0.25, 0.3) is 10.0 Å². The second kappa shape index (κ2) is 7.60. The fraction of sp³-hybridized carbons (Fsp3) is 0.136. The fourth-order valence-corrected chi connectivity index (χ4v) is 4.10. The molecule has 158 valence electrons. The minimum absolute atomic E-state index is 0.00785. The van der Waals surface area contributed by atoms with Crippen molar-refractivity contribution in [3.05, 3.63) is 88.2 Å². The van der Waals surface area contributed by atoms with Crippen LogP contribution in [0.3, 0.4) is 0 Å². The Morgan fingerprint density at radius 1 is 0.903 bits per heavy atom. The Balaban J connectivity index is 1.60. The average Bonchev–Trinajstić information content (AvgIpc) is 3.25. The van der Waals surface area contributed by atoms with E-state index in [1.807, 2.05) is 0 Å². The summed E-state index contributed by atoms with van der Waals surface area (Å²) in [6.45, 7) is -0.343. The van der Waals surface area contributed by atoms with Gasteiger partial charge in [-0.3, -0.25) is 9.59 Å². The molecule has 0 unspecified atom stereocenters. The van der Waals surface area contributed by atoms with Crippen LogP contribution in [-0.4, -0.2) is 44.4 Å². The lowest BCUT2D eigenvalue weighted by molar-refractivity contribution is 0.0438. The van der Waals surface area contributed by atoms with E-state index in [4.69, 9.17) is 9.15 Å². The van der Waals surface area contributed by atoms with Gasteiger partial charge < -0.3 is 9.15 Å². The van der Waals surface area contributed by atoms with Crippen LogP contribution in [0.1, 0.15) is 48.0 Å². The van der Waals surface area contributed by atoms with Crippen LogP contribution >= 0.6 is 0 Å². The third-order valence-corrected chi connectivity index (χ3v) is 6.58. The number of benzene rings is 2. The van der Waals surface area contributed by atoms with Crippen LogP contribution < -0.4 is 0 Å². The van der Waals surface area contributed by atoms with E-state index < -0.39 is 21.8 Å². The van der Waals surface area contributed by atoms with Gasteiger partial charge in [0, 0.05) is 36.3 Å². The van der Waals surface area contributed by atoms with Gasteiger partial charge in [-0.1, -0.05) is 36.4 Å².